The zero-order valence-electron chi connectivity index (χ0n) is 13.1. The molecule has 130 valence electrons. The number of aryl methyl sites for hydroxylation is 1. The van der Waals surface area contributed by atoms with E-state index >= 15 is 0 Å². The highest BCUT2D eigenvalue weighted by atomic mass is 19.4. The highest BCUT2D eigenvalue weighted by molar-refractivity contribution is 5.73. The Morgan fingerprint density at radius 1 is 1.24 bits per heavy atom. The summed E-state index contributed by atoms with van der Waals surface area (Å²) in [5.41, 5.74) is 6.95. The van der Waals surface area contributed by atoms with Crippen molar-refractivity contribution in [2.24, 2.45) is 5.73 Å². The van der Waals surface area contributed by atoms with Gasteiger partial charge >= 0.3 is 6.18 Å². The molecule has 0 saturated carbocycles. The largest absolute Gasteiger partial charge is 0.416 e. The van der Waals surface area contributed by atoms with Crippen LogP contribution in [0.1, 0.15) is 28.4 Å². The molecule has 0 fully saturated rings. The molecule has 0 aliphatic carbocycles. The smallest absolute Gasteiger partial charge is 0.328 e. The Balaban J connectivity index is 2.07. The molecular formula is C17H14F3N3O2. The van der Waals surface area contributed by atoms with Gasteiger partial charge in [0, 0.05) is 23.0 Å². The standard InChI is InChI=1S/C17H14F3N3O2/c1-10-5-6-14-13(15(10)23(24)25)7-8-22(16(14)21)12-4-2-3-11(9-12)17(18,19)20/h2-9,16H,21H2,1H3. The number of hydrogen-bond donors (Lipinski definition) is 1. The molecule has 1 unspecified atom stereocenters. The average Bonchev–Trinajstić information content (AvgIpc) is 2.54. The predicted molar refractivity (Wildman–Crippen MR) is 87.7 cm³/mol. The molecule has 1 aliphatic rings. The van der Waals surface area contributed by atoms with Gasteiger partial charge in [0.1, 0.15) is 6.17 Å². The van der Waals surface area contributed by atoms with Crippen LogP contribution in [0.4, 0.5) is 24.5 Å². The molecule has 0 bridgehead atoms. The van der Waals surface area contributed by atoms with Crippen molar-refractivity contribution in [2.75, 3.05) is 4.90 Å². The first-order valence-corrected chi connectivity index (χ1v) is 7.37. The van der Waals surface area contributed by atoms with Crippen molar-refractivity contribution in [2.45, 2.75) is 19.3 Å². The summed E-state index contributed by atoms with van der Waals surface area (Å²) >= 11 is 0. The fraction of sp³-hybridized carbons (Fsp3) is 0.176. The molecule has 0 amide bonds. The van der Waals surface area contributed by atoms with Gasteiger partial charge < -0.3 is 10.6 Å². The minimum atomic E-state index is -4.46. The van der Waals surface area contributed by atoms with Crippen LogP contribution >= 0.6 is 0 Å². The van der Waals surface area contributed by atoms with Gasteiger partial charge in [-0.05, 0) is 31.2 Å². The van der Waals surface area contributed by atoms with E-state index in [4.69, 9.17) is 5.73 Å². The molecular weight excluding hydrogens is 335 g/mol. The maximum Gasteiger partial charge on any atom is 0.416 e. The zero-order valence-corrected chi connectivity index (χ0v) is 13.1. The lowest BCUT2D eigenvalue weighted by atomic mass is 9.96. The highest BCUT2D eigenvalue weighted by Crippen LogP contribution is 2.38. The monoisotopic (exact) mass is 349 g/mol. The third kappa shape index (κ3) is 2.96. The number of nitro groups is 1. The van der Waals surface area contributed by atoms with E-state index < -0.39 is 22.8 Å². The molecule has 1 atom stereocenters. The van der Waals surface area contributed by atoms with Crippen LogP contribution in [-0.2, 0) is 6.18 Å². The summed E-state index contributed by atoms with van der Waals surface area (Å²) in [6, 6.07) is 8.02. The van der Waals surface area contributed by atoms with Gasteiger partial charge in [0.15, 0.2) is 0 Å². The number of fused-ring (bicyclic) bond motifs is 1. The molecule has 8 heteroatoms. The molecule has 5 nitrogen and oxygen atoms in total. The molecule has 1 heterocycles. The molecule has 25 heavy (non-hydrogen) atoms. The minimum absolute atomic E-state index is 0.0482. The van der Waals surface area contributed by atoms with Crippen molar-refractivity contribution in [3.05, 3.63) is 75.0 Å². The van der Waals surface area contributed by atoms with E-state index in [9.17, 15) is 23.3 Å². The second-order valence-corrected chi connectivity index (χ2v) is 5.71. The van der Waals surface area contributed by atoms with E-state index in [2.05, 4.69) is 0 Å². The average molecular weight is 349 g/mol. The van der Waals surface area contributed by atoms with Crippen LogP contribution in [0.3, 0.4) is 0 Å². The van der Waals surface area contributed by atoms with Crippen molar-refractivity contribution < 1.29 is 18.1 Å². The van der Waals surface area contributed by atoms with Crippen molar-refractivity contribution >= 4 is 17.5 Å². The molecule has 2 N–H and O–H groups in total. The lowest BCUT2D eigenvalue weighted by molar-refractivity contribution is -0.385. The van der Waals surface area contributed by atoms with E-state index in [1.54, 1.807) is 19.1 Å². The summed E-state index contributed by atoms with van der Waals surface area (Å²) in [7, 11) is 0. The summed E-state index contributed by atoms with van der Waals surface area (Å²) in [5.74, 6) is 0. The molecule has 0 aromatic heterocycles. The molecule has 0 spiro atoms. The maximum absolute atomic E-state index is 12.9. The molecule has 3 rings (SSSR count). The fourth-order valence-corrected chi connectivity index (χ4v) is 2.89. The molecule has 0 saturated heterocycles. The third-order valence-electron chi connectivity index (χ3n) is 4.13. The minimum Gasteiger partial charge on any atom is -0.328 e. The number of nitrogens with zero attached hydrogens (tertiary/aromatic N) is 2. The Bertz CT molecular complexity index is 878. The highest BCUT2D eigenvalue weighted by Gasteiger charge is 2.32. The Hall–Kier alpha value is -2.87. The van der Waals surface area contributed by atoms with Gasteiger partial charge in [-0.25, -0.2) is 0 Å². The summed E-state index contributed by atoms with van der Waals surface area (Å²) in [6.45, 7) is 1.62. The van der Waals surface area contributed by atoms with Crippen molar-refractivity contribution in [3.63, 3.8) is 0 Å². The van der Waals surface area contributed by atoms with E-state index in [-0.39, 0.29) is 11.4 Å². The topological polar surface area (TPSA) is 72.4 Å². The normalized spacial score (nSPS) is 16.7. The number of nitro benzene ring substituents is 1. The van der Waals surface area contributed by atoms with E-state index in [0.29, 0.717) is 16.7 Å². The van der Waals surface area contributed by atoms with Crippen LogP contribution in [0.2, 0.25) is 0 Å². The van der Waals surface area contributed by atoms with Crippen LogP contribution in [0.5, 0.6) is 0 Å². The quantitative estimate of drug-likeness (QED) is 0.645. The number of anilines is 1. The summed E-state index contributed by atoms with van der Waals surface area (Å²) in [5, 5.41) is 11.3. The van der Waals surface area contributed by atoms with Gasteiger partial charge in [0.2, 0.25) is 0 Å². The number of benzene rings is 2. The molecule has 1 aliphatic heterocycles. The first-order chi connectivity index (χ1) is 11.7. The van der Waals surface area contributed by atoms with Crippen LogP contribution in [-0.4, -0.2) is 4.92 Å². The summed E-state index contributed by atoms with van der Waals surface area (Å²) in [4.78, 5) is 12.3. The first kappa shape index (κ1) is 17.0. The van der Waals surface area contributed by atoms with Gasteiger partial charge in [-0.15, -0.1) is 0 Å². The number of rotatable bonds is 2. The first-order valence-electron chi connectivity index (χ1n) is 7.37. The third-order valence-corrected chi connectivity index (χ3v) is 4.13. The Morgan fingerprint density at radius 2 is 1.96 bits per heavy atom. The predicted octanol–water partition coefficient (Wildman–Crippen LogP) is 4.37. The summed E-state index contributed by atoms with van der Waals surface area (Å²) in [6.07, 6.45) is -2.32. The zero-order chi connectivity index (χ0) is 18.4. The van der Waals surface area contributed by atoms with Gasteiger partial charge in [0.05, 0.1) is 16.1 Å². The van der Waals surface area contributed by atoms with Crippen LogP contribution in [0, 0.1) is 17.0 Å². The molecule has 0 radical (unpaired) electrons. The van der Waals surface area contributed by atoms with E-state index in [1.807, 2.05) is 0 Å². The van der Waals surface area contributed by atoms with Gasteiger partial charge in [0.25, 0.3) is 5.69 Å². The Labute approximate surface area is 141 Å². The number of nitrogens with two attached hydrogens (primary N) is 1. The SMILES string of the molecule is Cc1ccc2c(c1[N+](=O)[O-])C=CN(c1cccc(C(F)(F)F)c1)C2N. The van der Waals surface area contributed by atoms with Gasteiger partial charge in [-0.2, -0.15) is 13.2 Å². The van der Waals surface area contributed by atoms with Crippen LogP contribution in [0.25, 0.3) is 6.08 Å². The van der Waals surface area contributed by atoms with Crippen LogP contribution < -0.4 is 10.6 Å². The second-order valence-electron chi connectivity index (χ2n) is 5.71. The molecule has 2 aromatic carbocycles. The Morgan fingerprint density at radius 3 is 2.60 bits per heavy atom. The maximum atomic E-state index is 12.9. The number of halogens is 3. The van der Waals surface area contributed by atoms with Crippen molar-refractivity contribution in [1.82, 2.24) is 0 Å². The lowest BCUT2D eigenvalue weighted by Crippen LogP contribution is -2.33. The number of hydrogen-bond acceptors (Lipinski definition) is 4. The summed E-state index contributed by atoms with van der Waals surface area (Å²) < 4.78 is 38.7. The number of alkyl halides is 3. The fourth-order valence-electron chi connectivity index (χ4n) is 2.89. The van der Waals surface area contributed by atoms with Crippen molar-refractivity contribution in [3.8, 4) is 0 Å². The van der Waals surface area contributed by atoms with E-state index in [0.717, 1.165) is 12.1 Å². The van der Waals surface area contributed by atoms with Crippen LogP contribution in [0.15, 0.2) is 42.6 Å². The second kappa shape index (κ2) is 5.89. The Kier molecular flexibility index (Phi) is 4.00. The molecule has 2 aromatic rings. The van der Waals surface area contributed by atoms with Crippen molar-refractivity contribution in [1.29, 1.82) is 0 Å². The lowest BCUT2D eigenvalue weighted by Gasteiger charge is -2.32. The van der Waals surface area contributed by atoms with Gasteiger partial charge in [-0.3, -0.25) is 10.1 Å². The van der Waals surface area contributed by atoms with E-state index in [1.165, 1.54) is 29.3 Å². The van der Waals surface area contributed by atoms with Gasteiger partial charge in [-0.1, -0.05) is 18.2 Å².